The number of hydrogen-bond acceptors (Lipinski definition) is 7. The summed E-state index contributed by atoms with van der Waals surface area (Å²) in [5.74, 6) is -1.84. The van der Waals surface area contributed by atoms with E-state index in [0.717, 1.165) is 83.5 Å². The van der Waals surface area contributed by atoms with Crippen LogP contribution in [0.4, 0.5) is 0 Å². The smallest absolute Gasteiger partial charge is 0.306 e. The van der Waals surface area contributed by atoms with E-state index in [2.05, 4.69) is 98.9 Å². The summed E-state index contributed by atoms with van der Waals surface area (Å²) in [4.78, 5) is 36.8. The number of ether oxygens (including phenoxy) is 3. The molecule has 0 aliphatic carbocycles. The summed E-state index contributed by atoms with van der Waals surface area (Å²) in [6.07, 6.45) is 49.0. The Balaban J connectivity index is 4.51. The lowest BCUT2D eigenvalue weighted by Gasteiger charge is -2.34. The monoisotopic (exact) mass is 782 g/mol. The summed E-state index contributed by atoms with van der Waals surface area (Å²) >= 11 is 0. The number of carbonyl (C=O) groups excluding carboxylic acids is 3. The molecule has 0 aliphatic rings. The van der Waals surface area contributed by atoms with Gasteiger partial charge in [-0.2, -0.15) is 0 Å². The number of nitrogens with zero attached hydrogens (tertiary/aromatic N) is 1. The first kappa shape index (κ1) is 52.5. The van der Waals surface area contributed by atoms with Crippen LogP contribution in [0, 0.1) is 0 Å². The lowest BCUT2D eigenvalue weighted by atomic mass is 10.1. The fourth-order valence-electron chi connectivity index (χ4n) is 5.66. The Morgan fingerprint density at radius 3 is 1.54 bits per heavy atom. The number of carbonyl (C=O) groups is 3. The Kier molecular flexibility index (Phi) is 36.0. The zero-order valence-electron chi connectivity index (χ0n) is 36.0. The molecule has 0 aromatic carbocycles. The number of allylic oxidation sites excluding steroid dienone is 14. The lowest BCUT2D eigenvalue weighted by molar-refractivity contribution is -0.889. The van der Waals surface area contributed by atoms with Gasteiger partial charge in [-0.1, -0.05) is 131 Å². The highest BCUT2D eigenvalue weighted by molar-refractivity contribution is 5.70. The highest BCUT2D eigenvalue weighted by atomic mass is 16.6. The van der Waals surface area contributed by atoms with Crippen molar-refractivity contribution in [3.8, 4) is 0 Å². The van der Waals surface area contributed by atoms with E-state index in [4.69, 9.17) is 14.2 Å². The molecule has 0 amide bonds. The van der Waals surface area contributed by atoms with Crippen LogP contribution in [0.15, 0.2) is 85.1 Å². The van der Waals surface area contributed by atoms with E-state index in [1.54, 1.807) is 21.1 Å². The van der Waals surface area contributed by atoms with Crippen LogP contribution in [-0.2, 0) is 28.6 Å². The van der Waals surface area contributed by atoms with Crippen LogP contribution in [-0.4, -0.2) is 75.5 Å². The van der Waals surface area contributed by atoms with Crippen molar-refractivity contribution in [2.24, 2.45) is 0 Å². The Hall–Kier alpha value is -3.49. The first-order chi connectivity index (χ1) is 27.1. The number of aliphatic carboxylic acids is 1. The van der Waals surface area contributed by atoms with Crippen molar-refractivity contribution in [1.82, 2.24) is 0 Å². The number of carboxylic acid groups (broad SMARTS) is 1. The molecule has 56 heavy (non-hydrogen) atoms. The Labute approximate surface area is 342 Å². The molecule has 0 heterocycles. The van der Waals surface area contributed by atoms with Gasteiger partial charge in [0.2, 0.25) is 0 Å². The van der Waals surface area contributed by atoms with Crippen molar-refractivity contribution in [3.63, 3.8) is 0 Å². The third-order valence-corrected chi connectivity index (χ3v) is 9.02. The molecule has 0 radical (unpaired) electrons. The second kappa shape index (κ2) is 38.4. The summed E-state index contributed by atoms with van der Waals surface area (Å²) < 4.78 is 17.1. The van der Waals surface area contributed by atoms with Crippen molar-refractivity contribution in [2.75, 3.05) is 41.0 Å². The highest BCUT2D eigenvalue weighted by Crippen LogP contribution is 2.11. The first-order valence-electron chi connectivity index (χ1n) is 21.6. The number of esters is 2. The molecule has 0 rings (SSSR count). The van der Waals surface area contributed by atoms with E-state index in [1.807, 2.05) is 0 Å². The number of hydrogen-bond donors (Lipinski definition) is 0. The number of unbranched alkanes of at least 4 members (excludes halogenated alkanes) is 9. The van der Waals surface area contributed by atoms with Crippen LogP contribution in [0.2, 0.25) is 0 Å². The van der Waals surface area contributed by atoms with E-state index in [0.29, 0.717) is 12.8 Å². The number of carboxylic acids is 1. The molecule has 2 atom stereocenters. The van der Waals surface area contributed by atoms with Crippen LogP contribution < -0.4 is 5.11 Å². The fourth-order valence-corrected chi connectivity index (χ4v) is 5.66. The van der Waals surface area contributed by atoms with Gasteiger partial charge in [0.25, 0.3) is 0 Å². The van der Waals surface area contributed by atoms with Gasteiger partial charge in [-0.3, -0.25) is 9.59 Å². The summed E-state index contributed by atoms with van der Waals surface area (Å²) in [5, 5.41) is 11.6. The van der Waals surface area contributed by atoms with Crippen LogP contribution in [0.5, 0.6) is 0 Å². The van der Waals surface area contributed by atoms with E-state index >= 15 is 0 Å². The van der Waals surface area contributed by atoms with Crippen molar-refractivity contribution in [2.45, 2.75) is 161 Å². The largest absolute Gasteiger partial charge is 0.544 e. The summed E-state index contributed by atoms with van der Waals surface area (Å²) in [6, 6.07) is -0.742. The summed E-state index contributed by atoms with van der Waals surface area (Å²) in [5.41, 5.74) is 0. The number of rotatable bonds is 37. The molecule has 0 saturated carbocycles. The Morgan fingerprint density at radius 1 is 0.554 bits per heavy atom. The van der Waals surface area contributed by atoms with Crippen LogP contribution in [0.1, 0.15) is 149 Å². The van der Waals surface area contributed by atoms with Crippen molar-refractivity contribution >= 4 is 17.9 Å². The maximum Gasteiger partial charge on any atom is 0.306 e. The Morgan fingerprint density at radius 2 is 1.02 bits per heavy atom. The van der Waals surface area contributed by atoms with E-state index < -0.39 is 18.1 Å². The minimum Gasteiger partial charge on any atom is -0.544 e. The minimum atomic E-state index is -1.14. The third-order valence-electron chi connectivity index (χ3n) is 9.02. The molecule has 8 heteroatoms. The number of likely N-dealkylation sites (N-methyl/N-ethyl adjacent to an activating group) is 1. The fraction of sp³-hybridized carbons (Fsp3) is 0.646. The highest BCUT2D eigenvalue weighted by Gasteiger charge is 2.25. The van der Waals surface area contributed by atoms with Crippen LogP contribution in [0.3, 0.4) is 0 Å². The van der Waals surface area contributed by atoms with Gasteiger partial charge in [0, 0.05) is 19.3 Å². The normalized spacial score (nSPS) is 13.8. The minimum absolute atomic E-state index is 0.00833. The molecular formula is C48H79NO7. The number of quaternary nitrogens is 1. The Bertz CT molecular complexity index is 1190. The molecule has 0 fully saturated rings. The quantitative estimate of drug-likeness (QED) is 0.0268. The van der Waals surface area contributed by atoms with Gasteiger partial charge in [-0.05, 0) is 83.5 Å². The van der Waals surface area contributed by atoms with E-state index in [9.17, 15) is 19.5 Å². The van der Waals surface area contributed by atoms with Gasteiger partial charge in [0.15, 0.2) is 6.10 Å². The molecule has 0 aromatic heterocycles. The molecule has 8 nitrogen and oxygen atoms in total. The predicted octanol–water partition coefficient (Wildman–Crippen LogP) is 10.4. The molecule has 318 valence electrons. The second-order valence-electron chi connectivity index (χ2n) is 15.2. The lowest BCUT2D eigenvalue weighted by Crippen LogP contribution is -2.55. The standard InChI is InChI=1S/C48H79NO7/c1-6-8-10-12-14-16-18-20-22-23-25-27-29-31-33-35-37-39-47(51)56-44(42-54-41-40-45(48(52)53)49(3,4)5)43-55-46(50)38-36-34-32-30-28-26-24-21-19-17-15-13-11-9-7-2/h8,10,14-17,20-22,24-25,27,31,33,44-45H,6-7,9,11-13,18-19,23,26,28-30,32,34-43H2,1-5H3/b10-8-,16-14-,17-15-,22-20-,24-21-,27-25-,33-31-. The summed E-state index contributed by atoms with van der Waals surface area (Å²) in [6.45, 7) is 4.42. The molecule has 0 spiro atoms. The van der Waals surface area contributed by atoms with E-state index in [1.165, 1.54) is 25.7 Å². The average molecular weight is 782 g/mol. The SMILES string of the molecule is CC/C=C\C/C=C\C/C=C\C/C=C\C/C=C\CCCC(=O)OC(COCCC(C(=O)[O-])[N+](C)(C)C)COC(=O)CCCCCCC/C=C\C/C=C\CCCCC. The van der Waals surface area contributed by atoms with Crippen molar-refractivity contribution in [1.29, 1.82) is 0 Å². The van der Waals surface area contributed by atoms with Gasteiger partial charge in [-0.15, -0.1) is 0 Å². The topological polar surface area (TPSA) is 102 Å². The van der Waals surface area contributed by atoms with E-state index in [-0.39, 0.29) is 49.1 Å². The zero-order chi connectivity index (χ0) is 41.4. The van der Waals surface area contributed by atoms with Crippen molar-refractivity contribution < 1.29 is 38.2 Å². The van der Waals surface area contributed by atoms with Gasteiger partial charge in [0.05, 0.1) is 40.3 Å². The van der Waals surface area contributed by atoms with Crippen LogP contribution >= 0.6 is 0 Å². The maximum atomic E-state index is 12.7. The van der Waals surface area contributed by atoms with Crippen molar-refractivity contribution in [3.05, 3.63) is 85.1 Å². The molecular weight excluding hydrogens is 703 g/mol. The van der Waals surface area contributed by atoms with Gasteiger partial charge in [0.1, 0.15) is 12.6 Å². The predicted molar refractivity (Wildman–Crippen MR) is 231 cm³/mol. The molecule has 0 N–H and O–H groups in total. The third kappa shape index (κ3) is 36.2. The zero-order valence-corrected chi connectivity index (χ0v) is 36.0. The molecule has 0 bridgehead atoms. The van der Waals surface area contributed by atoms with Crippen LogP contribution in [0.25, 0.3) is 0 Å². The average Bonchev–Trinajstić information content (AvgIpc) is 3.15. The molecule has 0 aromatic rings. The molecule has 0 aliphatic heterocycles. The summed E-state index contributed by atoms with van der Waals surface area (Å²) in [7, 11) is 5.37. The second-order valence-corrected chi connectivity index (χ2v) is 15.2. The van der Waals surface area contributed by atoms with Gasteiger partial charge in [-0.25, -0.2) is 0 Å². The van der Waals surface area contributed by atoms with Gasteiger partial charge >= 0.3 is 11.9 Å². The maximum absolute atomic E-state index is 12.7. The van der Waals surface area contributed by atoms with Gasteiger partial charge < -0.3 is 28.6 Å². The molecule has 2 unspecified atom stereocenters. The molecule has 0 saturated heterocycles. The first-order valence-corrected chi connectivity index (χ1v) is 21.6.